The lowest BCUT2D eigenvalue weighted by Gasteiger charge is -2.25. The average molecular weight is 295 g/mol. The van der Waals surface area contributed by atoms with Crippen LogP contribution in [0.25, 0.3) is 0 Å². The fraction of sp³-hybridized carbons (Fsp3) is 0.385. The van der Waals surface area contributed by atoms with Gasteiger partial charge in [0.2, 0.25) is 0 Å². The summed E-state index contributed by atoms with van der Waals surface area (Å²) in [5, 5.41) is 8.84. The van der Waals surface area contributed by atoms with Gasteiger partial charge in [0.1, 0.15) is 6.29 Å². The molecule has 0 aliphatic heterocycles. The molecule has 0 amide bonds. The van der Waals surface area contributed by atoms with E-state index >= 15 is 0 Å². The van der Waals surface area contributed by atoms with Crippen LogP contribution in [-0.2, 0) is 0 Å². The molecule has 0 heterocycles. The number of nitriles is 1. The van der Waals surface area contributed by atoms with Crippen LogP contribution in [0.15, 0.2) is 22.7 Å². The first-order valence-corrected chi connectivity index (χ1v) is 6.31. The number of benzene rings is 1. The van der Waals surface area contributed by atoms with E-state index in [4.69, 9.17) is 5.26 Å². The maximum Gasteiger partial charge on any atom is 0.150 e. The number of aldehydes is 1. The van der Waals surface area contributed by atoms with E-state index in [0.717, 1.165) is 23.0 Å². The zero-order valence-corrected chi connectivity index (χ0v) is 11.6. The zero-order chi connectivity index (χ0) is 12.8. The summed E-state index contributed by atoms with van der Waals surface area (Å²) in [5.74, 6) is -0.0207. The van der Waals surface area contributed by atoms with Crippen LogP contribution in [0.3, 0.4) is 0 Å². The van der Waals surface area contributed by atoms with Crippen LogP contribution >= 0.6 is 15.9 Å². The molecule has 1 aromatic rings. The van der Waals surface area contributed by atoms with Crippen molar-refractivity contribution in [1.82, 2.24) is 0 Å². The van der Waals surface area contributed by atoms with Crippen LogP contribution in [-0.4, -0.2) is 19.4 Å². The summed E-state index contributed by atoms with van der Waals surface area (Å²) >= 11 is 3.46. The third-order valence-electron chi connectivity index (χ3n) is 2.54. The molecule has 17 heavy (non-hydrogen) atoms. The highest BCUT2D eigenvalue weighted by Crippen LogP contribution is 2.27. The molecule has 1 aromatic carbocycles. The summed E-state index contributed by atoms with van der Waals surface area (Å²) < 4.78 is 0.883. The average Bonchev–Trinajstić information content (AvgIpc) is 2.35. The molecule has 0 N–H and O–H groups in total. The highest BCUT2D eigenvalue weighted by atomic mass is 79.9. The molecule has 3 nitrogen and oxygen atoms in total. The van der Waals surface area contributed by atoms with Gasteiger partial charge < -0.3 is 4.90 Å². The Morgan fingerprint density at radius 1 is 1.59 bits per heavy atom. The van der Waals surface area contributed by atoms with Crippen molar-refractivity contribution in [3.63, 3.8) is 0 Å². The predicted molar refractivity (Wildman–Crippen MR) is 72.2 cm³/mol. The molecule has 1 rings (SSSR count). The third kappa shape index (κ3) is 3.57. The predicted octanol–water partition coefficient (Wildman–Crippen LogP) is 3.25. The molecule has 0 bridgehead atoms. The van der Waals surface area contributed by atoms with Crippen LogP contribution in [0.4, 0.5) is 5.69 Å². The van der Waals surface area contributed by atoms with Gasteiger partial charge in [0.05, 0.1) is 17.7 Å². The maximum absolute atomic E-state index is 10.7. The molecule has 1 atom stereocenters. The molecule has 0 saturated carbocycles. The summed E-state index contributed by atoms with van der Waals surface area (Å²) in [6.07, 6.45) is 0.822. The van der Waals surface area contributed by atoms with Crippen LogP contribution in [0.2, 0.25) is 0 Å². The minimum absolute atomic E-state index is 0.0207. The Morgan fingerprint density at radius 2 is 2.29 bits per heavy atom. The van der Waals surface area contributed by atoms with Gasteiger partial charge in [-0.3, -0.25) is 4.79 Å². The number of carbonyl (C=O) groups excluding carboxylic acids is 1. The molecule has 0 saturated heterocycles. The summed E-state index contributed by atoms with van der Waals surface area (Å²) in [7, 11) is 0. The fourth-order valence-corrected chi connectivity index (χ4v) is 2.27. The number of hydrogen-bond acceptors (Lipinski definition) is 3. The molecule has 0 radical (unpaired) electrons. The van der Waals surface area contributed by atoms with Gasteiger partial charge in [0.25, 0.3) is 0 Å². The molecule has 0 fully saturated rings. The van der Waals surface area contributed by atoms with Gasteiger partial charge >= 0.3 is 0 Å². The topological polar surface area (TPSA) is 44.1 Å². The van der Waals surface area contributed by atoms with Crippen molar-refractivity contribution in [1.29, 1.82) is 5.26 Å². The maximum atomic E-state index is 10.7. The Bertz CT molecular complexity index is 440. The fourth-order valence-electron chi connectivity index (χ4n) is 1.62. The number of rotatable bonds is 5. The first-order valence-electron chi connectivity index (χ1n) is 5.51. The van der Waals surface area contributed by atoms with Crippen molar-refractivity contribution >= 4 is 27.9 Å². The van der Waals surface area contributed by atoms with Gasteiger partial charge in [0, 0.05) is 23.1 Å². The normalized spacial score (nSPS) is 11.6. The molecular formula is C13H15BrN2O. The first kappa shape index (κ1) is 13.7. The molecule has 4 heteroatoms. The van der Waals surface area contributed by atoms with E-state index in [-0.39, 0.29) is 5.92 Å². The minimum Gasteiger partial charge on any atom is -0.370 e. The van der Waals surface area contributed by atoms with Gasteiger partial charge in [-0.1, -0.05) is 0 Å². The number of anilines is 1. The Kier molecular flexibility index (Phi) is 5.17. The molecule has 0 aromatic heterocycles. The summed E-state index contributed by atoms with van der Waals surface area (Å²) in [6.45, 7) is 5.46. The quantitative estimate of drug-likeness (QED) is 0.783. The van der Waals surface area contributed by atoms with Crippen molar-refractivity contribution in [2.75, 3.05) is 18.0 Å². The lowest BCUT2D eigenvalue weighted by Crippen LogP contribution is -2.28. The van der Waals surface area contributed by atoms with Crippen molar-refractivity contribution in [3.05, 3.63) is 28.2 Å². The van der Waals surface area contributed by atoms with Gasteiger partial charge in [-0.2, -0.15) is 5.26 Å². The SMILES string of the molecule is CCN(CC(C)C#N)c1ccc(C=O)cc1Br. The van der Waals surface area contributed by atoms with Crippen molar-refractivity contribution in [2.45, 2.75) is 13.8 Å². The smallest absolute Gasteiger partial charge is 0.150 e. The van der Waals surface area contributed by atoms with Crippen molar-refractivity contribution < 1.29 is 4.79 Å². The van der Waals surface area contributed by atoms with E-state index in [1.807, 2.05) is 19.9 Å². The highest BCUT2D eigenvalue weighted by Gasteiger charge is 2.12. The second-order valence-electron chi connectivity index (χ2n) is 3.90. The summed E-state index contributed by atoms with van der Waals surface area (Å²) in [4.78, 5) is 12.8. The molecule has 90 valence electrons. The lowest BCUT2D eigenvalue weighted by atomic mass is 10.1. The Labute approximate surface area is 110 Å². The molecular weight excluding hydrogens is 280 g/mol. The number of nitrogens with zero attached hydrogens (tertiary/aromatic N) is 2. The van der Waals surface area contributed by atoms with E-state index in [1.165, 1.54) is 0 Å². The van der Waals surface area contributed by atoms with Crippen LogP contribution in [0, 0.1) is 17.2 Å². The van der Waals surface area contributed by atoms with E-state index in [1.54, 1.807) is 12.1 Å². The highest BCUT2D eigenvalue weighted by molar-refractivity contribution is 9.10. The monoisotopic (exact) mass is 294 g/mol. The van der Waals surface area contributed by atoms with Crippen LogP contribution in [0.1, 0.15) is 24.2 Å². The summed E-state index contributed by atoms with van der Waals surface area (Å²) in [5.41, 5.74) is 1.66. The third-order valence-corrected chi connectivity index (χ3v) is 3.18. The van der Waals surface area contributed by atoms with Gasteiger partial charge in [-0.05, 0) is 48.0 Å². The number of halogens is 1. The van der Waals surface area contributed by atoms with E-state index in [9.17, 15) is 4.79 Å². The van der Waals surface area contributed by atoms with Crippen molar-refractivity contribution in [2.24, 2.45) is 5.92 Å². The summed E-state index contributed by atoms with van der Waals surface area (Å²) in [6, 6.07) is 7.71. The Morgan fingerprint density at radius 3 is 2.76 bits per heavy atom. The first-order chi connectivity index (χ1) is 8.12. The molecule has 0 aliphatic carbocycles. The van der Waals surface area contributed by atoms with Gasteiger partial charge in [0.15, 0.2) is 0 Å². The van der Waals surface area contributed by atoms with Gasteiger partial charge in [-0.25, -0.2) is 0 Å². The largest absolute Gasteiger partial charge is 0.370 e. The zero-order valence-electron chi connectivity index (χ0n) is 9.98. The van der Waals surface area contributed by atoms with E-state index in [0.29, 0.717) is 12.1 Å². The van der Waals surface area contributed by atoms with E-state index in [2.05, 4.69) is 26.9 Å². The lowest BCUT2D eigenvalue weighted by molar-refractivity contribution is 0.112. The molecule has 1 unspecified atom stereocenters. The molecule has 0 spiro atoms. The van der Waals surface area contributed by atoms with E-state index < -0.39 is 0 Å². The van der Waals surface area contributed by atoms with Crippen LogP contribution in [0.5, 0.6) is 0 Å². The second kappa shape index (κ2) is 6.41. The standard InChI is InChI=1S/C13H15BrN2O/c1-3-16(8-10(2)7-15)13-5-4-11(9-17)6-12(13)14/h4-6,9-10H,3,8H2,1-2H3. The number of hydrogen-bond donors (Lipinski definition) is 0. The van der Waals surface area contributed by atoms with Crippen molar-refractivity contribution in [3.8, 4) is 6.07 Å². The van der Waals surface area contributed by atoms with Crippen LogP contribution < -0.4 is 4.90 Å². The second-order valence-corrected chi connectivity index (χ2v) is 4.75. The molecule has 0 aliphatic rings. The van der Waals surface area contributed by atoms with Gasteiger partial charge in [-0.15, -0.1) is 0 Å². The Hall–Kier alpha value is -1.34. The number of carbonyl (C=O) groups is 1. The Balaban J connectivity index is 2.96. The minimum atomic E-state index is -0.0207.